The van der Waals surface area contributed by atoms with E-state index in [1.54, 1.807) is 11.2 Å². The Morgan fingerprint density at radius 3 is 2.71 bits per heavy atom. The van der Waals surface area contributed by atoms with Crippen molar-refractivity contribution in [1.29, 1.82) is 0 Å². The number of rotatable bonds is 6. The van der Waals surface area contributed by atoms with E-state index in [0.717, 1.165) is 27.7 Å². The molecule has 0 radical (unpaired) electrons. The van der Waals surface area contributed by atoms with Crippen LogP contribution in [0.4, 0.5) is 0 Å². The largest absolute Gasteiger partial charge is 0.464 e. The Bertz CT molecular complexity index is 823. The SMILES string of the molecule is Cc1ccc2c(CC(=O)N(CCO)Cc3ccccc3)coc2c1. The van der Waals surface area contributed by atoms with Crippen molar-refractivity contribution in [1.82, 2.24) is 4.90 Å². The number of amides is 1. The summed E-state index contributed by atoms with van der Waals surface area (Å²) in [6.45, 7) is 2.78. The van der Waals surface area contributed by atoms with Crippen LogP contribution in [0.15, 0.2) is 59.2 Å². The van der Waals surface area contributed by atoms with Gasteiger partial charge in [-0.2, -0.15) is 0 Å². The van der Waals surface area contributed by atoms with Crippen LogP contribution in [0.1, 0.15) is 16.7 Å². The van der Waals surface area contributed by atoms with Crippen LogP contribution in [0.5, 0.6) is 0 Å². The number of carbonyl (C=O) groups is 1. The summed E-state index contributed by atoms with van der Waals surface area (Å²) in [6, 6.07) is 15.8. The molecule has 4 nitrogen and oxygen atoms in total. The van der Waals surface area contributed by atoms with Crippen LogP contribution >= 0.6 is 0 Å². The van der Waals surface area contributed by atoms with Crippen LogP contribution in [-0.2, 0) is 17.8 Å². The number of hydrogen-bond donors (Lipinski definition) is 1. The number of fused-ring (bicyclic) bond motifs is 1. The molecule has 1 aromatic heterocycles. The monoisotopic (exact) mass is 323 g/mol. The Balaban J connectivity index is 1.77. The molecule has 0 atom stereocenters. The van der Waals surface area contributed by atoms with Gasteiger partial charge >= 0.3 is 0 Å². The van der Waals surface area contributed by atoms with E-state index in [9.17, 15) is 9.90 Å². The predicted molar refractivity (Wildman–Crippen MR) is 93.6 cm³/mol. The number of benzene rings is 2. The topological polar surface area (TPSA) is 53.7 Å². The molecule has 0 unspecified atom stereocenters. The van der Waals surface area contributed by atoms with Crippen LogP contribution in [-0.4, -0.2) is 29.1 Å². The summed E-state index contributed by atoms with van der Waals surface area (Å²) in [4.78, 5) is 14.4. The zero-order valence-corrected chi connectivity index (χ0v) is 13.7. The van der Waals surface area contributed by atoms with Gasteiger partial charge in [0.1, 0.15) is 5.58 Å². The molecule has 24 heavy (non-hydrogen) atoms. The molecular weight excluding hydrogens is 302 g/mol. The van der Waals surface area contributed by atoms with Gasteiger partial charge in [-0.25, -0.2) is 0 Å². The zero-order chi connectivity index (χ0) is 16.9. The van der Waals surface area contributed by atoms with Crippen LogP contribution in [0.2, 0.25) is 0 Å². The summed E-state index contributed by atoms with van der Waals surface area (Å²) in [6.07, 6.45) is 1.92. The number of aliphatic hydroxyl groups is 1. The van der Waals surface area contributed by atoms with Crippen LogP contribution < -0.4 is 0 Å². The van der Waals surface area contributed by atoms with Crippen molar-refractivity contribution in [3.05, 3.63) is 71.5 Å². The lowest BCUT2D eigenvalue weighted by Gasteiger charge is -2.21. The Morgan fingerprint density at radius 2 is 1.96 bits per heavy atom. The molecule has 0 aliphatic heterocycles. The fraction of sp³-hybridized carbons (Fsp3) is 0.250. The van der Waals surface area contributed by atoms with Crippen molar-refractivity contribution in [2.24, 2.45) is 0 Å². The number of hydrogen-bond acceptors (Lipinski definition) is 3. The number of aliphatic hydroxyl groups excluding tert-OH is 1. The second-order valence-corrected chi connectivity index (χ2v) is 5.96. The van der Waals surface area contributed by atoms with Gasteiger partial charge in [-0.05, 0) is 24.1 Å². The fourth-order valence-corrected chi connectivity index (χ4v) is 2.82. The number of carbonyl (C=O) groups excluding carboxylic acids is 1. The van der Waals surface area contributed by atoms with Crippen molar-refractivity contribution >= 4 is 16.9 Å². The van der Waals surface area contributed by atoms with E-state index in [4.69, 9.17) is 4.42 Å². The van der Waals surface area contributed by atoms with Crippen molar-refractivity contribution < 1.29 is 14.3 Å². The molecule has 1 heterocycles. The molecule has 3 rings (SSSR count). The summed E-state index contributed by atoms with van der Waals surface area (Å²) in [5.41, 5.74) is 3.85. The highest BCUT2D eigenvalue weighted by atomic mass is 16.3. The van der Waals surface area contributed by atoms with E-state index >= 15 is 0 Å². The maximum Gasteiger partial charge on any atom is 0.227 e. The van der Waals surface area contributed by atoms with Gasteiger partial charge in [0.2, 0.25) is 5.91 Å². The van der Waals surface area contributed by atoms with Crippen LogP contribution in [0.25, 0.3) is 11.0 Å². The smallest absolute Gasteiger partial charge is 0.227 e. The Labute approximate surface area is 141 Å². The van der Waals surface area contributed by atoms with Gasteiger partial charge in [0.25, 0.3) is 0 Å². The van der Waals surface area contributed by atoms with Crippen LogP contribution in [0.3, 0.4) is 0 Å². The van der Waals surface area contributed by atoms with Crippen molar-refractivity contribution in [3.8, 4) is 0 Å². The van der Waals surface area contributed by atoms with Gasteiger partial charge in [-0.3, -0.25) is 4.79 Å². The summed E-state index contributed by atoms with van der Waals surface area (Å²) < 4.78 is 5.57. The first-order valence-electron chi connectivity index (χ1n) is 8.06. The van der Waals surface area contributed by atoms with Crippen molar-refractivity contribution in [3.63, 3.8) is 0 Å². The maximum atomic E-state index is 12.7. The van der Waals surface area contributed by atoms with Crippen LogP contribution in [0, 0.1) is 6.92 Å². The maximum absolute atomic E-state index is 12.7. The van der Waals surface area contributed by atoms with Crippen molar-refractivity contribution in [2.75, 3.05) is 13.2 Å². The van der Waals surface area contributed by atoms with Gasteiger partial charge in [-0.15, -0.1) is 0 Å². The highest BCUT2D eigenvalue weighted by molar-refractivity contribution is 5.88. The molecule has 0 spiro atoms. The number of aryl methyl sites for hydroxylation is 1. The summed E-state index contributed by atoms with van der Waals surface area (Å²) in [7, 11) is 0. The number of furan rings is 1. The molecule has 0 saturated carbocycles. The Kier molecular flexibility index (Phi) is 4.96. The normalized spacial score (nSPS) is 10.9. The standard InChI is InChI=1S/C20H21NO3/c1-15-7-8-18-17(14-24-19(18)11-15)12-20(23)21(9-10-22)13-16-5-3-2-4-6-16/h2-8,11,14,22H,9-10,12-13H2,1H3. The molecule has 0 saturated heterocycles. The summed E-state index contributed by atoms with van der Waals surface area (Å²) in [5, 5.41) is 10.2. The van der Waals surface area contributed by atoms with Gasteiger partial charge in [0.05, 0.1) is 19.3 Å². The molecule has 0 aliphatic rings. The lowest BCUT2D eigenvalue weighted by atomic mass is 10.1. The molecule has 0 bridgehead atoms. The first kappa shape index (κ1) is 16.3. The average molecular weight is 323 g/mol. The average Bonchev–Trinajstić information content (AvgIpc) is 2.97. The van der Waals surface area contributed by atoms with Crippen molar-refractivity contribution in [2.45, 2.75) is 19.9 Å². The van der Waals surface area contributed by atoms with E-state index in [1.165, 1.54) is 0 Å². The second-order valence-electron chi connectivity index (χ2n) is 5.96. The van der Waals surface area contributed by atoms with Gasteiger partial charge in [0, 0.05) is 24.0 Å². The third-order valence-corrected chi connectivity index (χ3v) is 4.09. The molecule has 4 heteroatoms. The highest BCUT2D eigenvalue weighted by Crippen LogP contribution is 2.23. The minimum Gasteiger partial charge on any atom is -0.464 e. The summed E-state index contributed by atoms with van der Waals surface area (Å²) >= 11 is 0. The second kappa shape index (κ2) is 7.32. The first-order chi connectivity index (χ1) is 11.7. The molecule has 1 N–H and O–H groups in total. The molecule has 3 aromatic rings. The molecule has 0 fully saturated rings. The van der Waals surface area contributed by atoms with Gasteiger partial charge in [0.15, 0.2) is 0 Å². The van der Waals surface area contributed by atoms with E-state index in [0.29, 0.717) is 13.1 Å². The molecule has 2 aromatic carbocycles. The lowest BCUT2D eigenvalue weighted by Crippen LogP contribution is -2.34. The third kappa shape index (κ3) is 3.66. The fourth-order valence-electron chi connectivity index (χ4n) is 2.82. The molecule has 124 valence electrons. The van der Waals surface area contributed by atoms with Gasteiger partial charge < -0.3 is 14.4 Å². The molecule has 0 aliphatic carbocycles. The third-order valence-electron chi connectivity index (χ3n) is 4.09. The Morgan fingerprint density at radius 1 is 1.17 bits per heavy atom. The van der Waals surface area contributed by atoms with E-state index < -0.39 is 0 Å². The predicted octanol–water partition coefficient (Wildman–Crippen LogP) is 3.30. The van der Waals surface area contributed by atoms with E-state index in [-0.39, 0.29) is 18.9 Å². The molecular formula is C20H21NO3. The highest BCUT2D eigenvalue weighted by Gasteiger charge is 2.17. The summed E-state index contributed by atoms with van der Waals surface area (Å²) in [5.74, 6) is -0.0174. The lowest BCUT2D eigenvalue weighted by molar-refractivity contribution is -0.131. The van der Waals surface area contributed by atoms with E-state index in [2.05, 4.69) is 0 Å². The Hall–Kier alpha value is -2.59. The van der Waals surface area contributed by atoms with E-state index in [1.807, 2.05) is 55.5 Å². The quantitative estimate of drug-likeness (QED) is 0.757. The first-order valence-corrected chi connectivity index (χ1v) is 8.06. The van der Waals surface area contributed by atoms with Gasteiger partial charge in [-0.1, -0.05) is 42.5 Å². The number of nitrogens with zero attached hydrogens (tertiary/aromatic N) is 1. The minimum absolute atomic E-state index is 0.0174. The molecule has 1 amide bonds. The minimum atomic E-state index is -0.0517. The zero-order valence-electron chi connectivity index (χ0n) is 13.7.